The summed E-state index contributed by atoms with van der Waals surface area (Å²) >= 11 is 0. The number of phenolic OH excluding ortho intramolecular Hbond substituents is 1. The van der Waals surface area contributed by atoms with Crippen LogP contribution in [0.2, 0.25) is 0 Å². The third-order valence-electron chi connectivity index (χ3n) is 6.01. The Hall–Kier alpha value is -1.84. The molecule has 2 aliphatic heterocycles. The number of nitrogens with two attached hydrogens (primary N) is 1. The van der Waals surface area contributed by atoms with Crippen molar-refractivity contribution in [3.8, 4) is 5.75 Å². The highest BCUT2D eigenvalue weighted by Crippen LogP contribution is 2.43. The first-order chi connectivity index (χ1) is 12.2. The predicted octanol–water partition coefficient (Wildman–Crippen LogP) is 3.67. The molecule has 0 amide bonds. The molecule has 0 aromatic heterocycles. The number of piperidine rings is 1. The maximum absolute atomic E-state index is 9.78. The van der Waals surface area contributed by atoms with E-state index in [1.165, 1.54) is 36.8 Å². The Balaban J connectivity index is 1.39. The number of phenols is 1. The molecule has 3 nitrogen and oxygen atoms in total. The second kappa shape index (κ2) is 7.19. The van der Waals surface area contributed by atoms with Crippen LogP contribution in [0.25, 0.3) is 0 Å². The number of hydrogen-bond donors (Lipinski definition) is 2. The Morgan fingerprint density at radius 3 is 2.40 bits per heavy atom. The van der Waals surface area contributed by atoms with Crippen molar-refractivity contribution in [1.29, 1.82) is 0 Å². The summed E-state index contributed by atoms with van der Waals surface area (Å²) in [5.41, 5.74) is 9.11. The normalized spacial score (nSPS) is 27.3. The monoisotopic (exact) mass is 336 g/mol. The van der Waals surface area contributed by atoms with Crippen molar-refractivity contribution in [3.05, 3.63) is 65.7 Å². The smallest absolute Gasteiger partial charge is 0.115 e. The third kappa shape index (κ3) is 3.73. The molecular formula is C22H28N2O. The highest BCUT2D eigenvalue weighted by molar-refractivity contribution is 5.30. The zero-order valence-corrected chi connectivity index (χ0v) is 14.7. The minimum atomic E-state index is 0.197. The molecular weight excluding hydrogens is 308 g/mol. The van der Waals surface area contributed by atoms with Crippen molar-refractivity contribution >= 4 is 0 Å². The number of nitrogens with zero attached hydrogens (tertiary/aromatic N) is 1. The molecule has 2 heterocycles. The summed E-state index contributed by atoms with van der Waals surface area (Å²) < 4.78 is 0. The van der Waals surface area contributed by atoms with Crippen LogP contribution in [0.1, 0.15) is 42.7 Å². The number of aromatic hydroxyl groups is 1. The summed E-state index contributed by atoms with van der Waals surface area (Å²) in [6.07, 6.45) is 5.92. The lowest BCUT2D eigenvalue weighted by Gasteiger charge is -2.40. The highest BCUT2D eigenvalue weighted by atomic mass is 16.3. The van der Waals surface area contributed by atoms with Gasteiger partial charge in [0, 0.05) is 24.7 Å². The molecule has 4 rings (SSSR count). The van der Waals surface area contributed by atoms with Gasteiger partial charge in [0.25, 0.3) is 0 Å². The quantitative estimate of drug-likeness (QED) is 0.876. The van der Waals surface area contributed by atoms with Crippen LogP contribution in [0.4, 0.5) is 0 Å². The van der Waals surface area contributed by atoms with Gasteiger partial charge in [-0.1, -0.05) is 42.5 Å². The van der Waals surface area contributed by atoms with Gasteiger partial charge in [0.15, 0.2) is 0 Å². The second-order valence-electron chi connectivity index (χ2n) is 7.79. The van der Waals surface area contributed by atoms with Crippen LogP contribution < -0.4 is 5.73 Å². The molecule has 132 valence electrons. The van der Waals surface area contributed by atoms with Crippen LogP contribution in [0.15, 0.2) is 54.6 Å². The van der Waals surface area contributed by atoms with E-state index in [2.05, 4.69) is 41.3 Å². The van der Waals surface area contributed by atoms with Gasteiger partial charge in [0.2, 0.25) is 0 Å². The van der Waals surface area contributed by atoms with Gasteiger partial charge in [-0.05, 0) is 61.3 Å². The van der Waals surface area contributed by atoms with E-state index in [-0.39, 0.29) is 6.04 Å². The van der Waals surface area contributed by atoms with Crippen molar-refractivity contribution in [2.75, 3.05) is 6.54 Å². The molecule has 25 heavy (non-hydrogen) atoms. The largest absolute Gasteiger partial charge is 0.508 e. The third-order valence-corrected chi connectivity index (χ3v) is 6.01. The lowest BCUT2D eigenvalue weighted by Crippen LogP contribution is -2.48. The summed E-state index contributed by atoms with van der Waals surface area (Å²) in [6.45, 7) is 0.997. The van der Waals surface area contributed by atoms with Gasteiger partial charge < -0.3 is 10.8 Å². The van der Waals surface area contributed by atoms with Gasteiger partial charge >= 0.3 is 0 Å². The average Bonchev–Trinajstić information content (AvgIpc) is 2.84. The van der Waals surface area contributed by atoms with E-state index in [0.29, 0.717) is 23.8 Å². The molecule has 2 aromatic rings. The molecule has 2 bridgehead atoms. The van der Waals surface area contributed by atoms with E-state index >= 15 is 0 Å². The van der Waals surface area contributed by atoms with Crippen LogP contribution in [0.5, 0.6) is 5.75 Å². The van der Waals surface area contributed by atoms with Gasteiger partial charge in [-0.3, -0.25) is 4.90 Å². The molecule has 2 saturated heterocycles. The number of benzene rings is 2. The van der Waals surface area contributed by atoms with Crippen LogP contribution in [0.3, 0.4) is 0 Å². The molecule has 0 saturated carbocycles. The summed E-state index contributed by atoms with van der Waals surface area (Å²) in [6, 6.07) is 19.9. The minimum Gasteiger partial charge on any atom is -0.508 e. The van der Waals surface area contributed by atoms with Crippen molar-refractivity contribution in [3.63, 3.8) is 0 Å². The Morgan fingerprint density at radius 2 is 1.72 bits per heavy atom. The Bertz CT molecular complexity index is 688. The second-order valence-corrected chi connectivity index (χ2v) is 7.79. The first-order valence-electron chi connectivity index (χ1n) is 9.53. The molecule has 2 unspecified atom stereocenters. The molecule has 0 aliphatic carbocycles. The maximum atomic E-state index is 9.78. The molecule has 4 atom stereocenters. The van der Waals surface area contributed by atoms with Gasteiger partial charge in [-0.15, -0.1) is 0 Å². The van der Waals surface area contributed by atoms with Crippen molar-refractivity contribution < 1.29 is 5.11 Å². The minimum absolute atomic E-state index is 0.197. The fourth-order valence-corrected chi connectivity index (χ4v) is 4.88. The van der Waals surface area contributed by atoms with E-state index in [1.54, 1.807) is 6.07 Å². The van der Waals surface area contributed by atoms with Gasteiger partial charge in [-0.2, -0.15) is 0 Å². The van der Waals surface area contributed by atoms with Crippen LogP contribution in [0, 0.1) is 0 Å². The molecule has 2 aromatic carbocycles. The standard InChI is InChI=1S/C22H28N2O/c23-19(11-16-5-2-1-3-6-16)15-24-20-9-10-21(24)13-18(12-20)17-7-4-8-22(25)14-17/h1-8,14,18-21,25H,9-13,15,23H2/t18?,19?,20-,21+. The zero-order chi connectivity index (χ0) is 17.2. The SMILES string of the molecule is NC(Cc1ccccc1)CN1[C@@H]2CC[C@H]1CC(c1cccc(O)c1)C2. The molecule has 0 radical (unpaired) electrons. The van der Waals surface area contributed by atoms with Crippen molar-refractivity contribution in [1.82, 2.24) is 4.90 Å². The Labute approximate surface area is 150 Å². The van der Waals surface area contributed by atoms with E-state index in [0.717, 1.165) is 13.0 Å². The molecule has 3 N–H and O–H groups in total. The number of rotatable bonds is 5. The fraction of sp³-hybridized carbons (Fsp3) is 0.455. The lowest BCUT2D eigenvalue weighted by molar-refractivity contribution is 0.118. The molecule has 2 fully saturated rings. The summed E-state index contributed by atoms with van der Waals surface area (Å²) in [5.74, 6) is 0.961. The van der Waals surface area contributed by atoms with E-state index < -0.39 is 0 Å². The van der Waals surface area contributed by atoms with Crippen molar-refractivity contribution in [2.45, 2.75) is 56.1 Å². The zero-order valence-electron chi connectivity index (χ0n) is 14.7. The van der Waals surface area contributed by atoms with Gasteiger partial charge in [0.05, 0.1) is 0 Å². The molecule has 3 heteroatoms. The van der Waals surface area contributed by atoms with Crippen molar-refractivity contribution in [2.24, 2.45) is 5.73 Å². The lowest BCUT2D eigenvalue weighted by atomic mass is 9.84. The van der Waals surface area contributed by atoms with Gasteiger partial charge in [0.1, 0.15) is 5.75 Å². The van der Waals surface area contributed by atoms with Crippen LogP contribution in [-0.4, -0.2) is 34.7 Å². The van der Waals surface area contributed by atoms with E-state index in [9.17, 15) is 5.11 Å². The van der Waals surface area contributed by atoms with E-state index in [1.807, 2.05) is 12.1 Å². The van der Waals surface area contributed by atoms with Crippen LogP contribution in [-0.2, 0) is 6.42 Å². The topological polar surface area (TPSA) is 49.5 Å². The predicted molar refractivity (Wildman–Crippen MR) is 102 cm³/mol. The average molecular weight is 336 g/mol. The Kier molecular flexibility index (Phi) is 4.78. The maximum Gasteiger partial charge on any atom is 0.115 e. The fourth-order valence-electron chi connectivity index (χ4n) is 4.88. The summed E-state index contributed by atoms with van der Waals surface area (Å²) in [4.78, 5) is 2.67. The summed E-state index contributed by atoms with van der Waals surface area (Å²) in [5, 5.41) is 9.78. The Morgan fingerprint density at radius 1 is 1.00 bits per heavy atom. The highest BCUT2D eigenvalue weighted by Gasteiger charge is 2.41. The van der Waals surface area contributed by atoms with E-state index in [4.69, 9.17) is 5.73 Å². The number of fused-ring (bicyclic) bond motifs is 2. The van der Waals surface area contributed by atoms with Crippen LogP contribution >= 0.6 is 0 Å². The molecule has 2 aliphatic rings. The number of hydrogen-bond acceptors (Lipinski definition) is 3. The van der Waals surface area contributed by atoms with Gasteiger partial charge in [-0.25, -0.2) is 0 Å². The summed E-state index contributed by atoms with van der Waals surface area (Å²) in [7, 11) is 0. The molecule has 0 spiro atoms. The first-order valence-corrected chi connectivity index (χ1v) is 9.53. The first kappa shape index (κ1) is 16.6.